The normalized spacial score (nSPS) is 19.0. The minimum absolute atomic E-state index is 0.0714. The summed E-state index contributed by atoms with van der Waals surface area (Å²) in [6.45, 7) is 0.271. The van der Waals surface area contributed by atoms with Gasteiger partial charge in [0.1, 0.15) is 0 Å². The maximum atomic E-state index is 11.6. The molecule has 1 aromatic heterocycles. The average Bonchev–Trinajstić information content (AvgIpc) is 2.89. The monoisotopic (exact) mass is 249 g/mol. The highest BCUT2D eigenvalue weighted by atomic mass is 35.5. The van der Waals surface area contributed by atoms with Crippen molar-refractivity contribution in [1.82, 2.24) is 14.7 Å². The third-order valence-electron chi connectivity index (χ3n) is 2.36. The molecule has 0 spiro atoms. The van der Waals surface area contributed by atoms with E-state index in [4.69, 9.17) is 11.6 Å². The van der Waals surface area contributed by atoms with Crippen molar-refractivity contribution in [3.63, 3.8) is 0 Å². The van der Waals surface area contributed by atoms with Gasteiger partial charge in [-0.3, -0.25) is 0 Å². The van der Waals surface area contributed by atoms with Crippen molar-refractivity contribution in [2.45, 2.75) is 23.2 Å². The van der Waals surface area contributed by atoms with E-state index in [2.05, 4.69) is 14.7 Å². The highest BCUT2D eigenvalue weighted by molar-refractivity contribution is 7.89. The van der Waals surface area contributed by atoms with Gasteiger partial charge in [0.15, 0.2) is 5.03 Å². The number of hydrogen-bond donors (Lipinski definition) is 2. The number of sulfonamides is 1. The zero-order valence-corrected chi connectivity index (χ0v) is 9.55. The minimum Gasteiger partial charge on any atom is -0.335 e. The van der Waals surface area contributed by atoms with Crippen molar-refractivity contribution in [3.8, 4) is 0 Å². The first-order valence-electron chi connectivity index (χ1n) is 4.72. The van der Waals surface area contributed by atoms with E-state index in [1.54, 1.807) is 0 Å². The van der Waals surface area contributed by atoms with Crippen molar-refractivity contribution in [2.24, 2.45) is 5.92 Å². The Bertz CT molecular complexity index is 413. The molecule has 1 saturated carbocycles. The Balaban J connectivity index is 1.93. The number of nitrogens with one attached hydrogen (secondary N) is 2. The second-order valence-electron chi connectivity index (χ2n) is 3.62. The zero-order valence-electron chi connectivity index (χ0n) is 7.98. The number of nitrogens with zero attached hydrogens (tertiary/aromatic N) is 1. The molecule has 0 bridgehead atoms. The summed E-state index contributed by atoms with van der Waals surface area (Å²) >= 11 is 5.99. The number of aromatic nitrogens is 2. The van der Waals surface area contributed by atoms with Crippen LogP contribution < -0.4 is 4.72 Å². The predicted molar refractivity (Wildman–Crippen MR) is 56.1 cm³/mol. The van der Waals surface area contributed by atoms with Crippen molar-refractivity contribution in [2.75, 3.05) is 6.54 Å². The van der Waals surface area contributed by atoms with Gasteiger partial charge in [-0.1, -0.05) is 0 Å². The van der Waals surface area contributed by atoms with Gasteiger partial charge < -0.3 is 4.98 Å². The number of H-pyrrole nitrogens is 1. The van der Waals surface area contributed by atoms with E-state index < -0.39 is 10.0 Å². The second kappa shape index (κ2) is 4.11. The first kappa shape index (κ1) is 10.9. The van der Waals surface area contributed by atoms with Crippen LogP contribution in [0.15, 0.2) is 17.6 Å². The van der Waals surface area contributed by atoms with Crippen molar-refractivity contribution < 1.29 is 8.42 Å². The van der Waals surface area contributed by atoms with Crippen LogP contribution in [0.3, 0.4) is 0 Å². The maximum absolute atomic E-state index is 11.6. The van der Waals surface area contributed by atoms with Crippen LogP contribution in [0, 0.1) is 5.92 Å². The van der Waals surface area contributed by atoms with Gasteiger partial charge in [0.2, 0.25) is 0 Å². The molecule has 0 saturated heterocycles. The highest BCUT2D eigenvalue weighted by Crippen LogP contribution is 2.35. The fourth-order valence-corrected chi connectivity index (χ4v) is 2.66. The van der Waals surface area contributed by atoms with E-state index in [0.717, 1.165) is 12.8 Å². The van der Waals surface area contributed by atoms with E-state index in [1.165, 1.54) is 12.5 Å². The summed E-state index contributed by atoms with van der Waals surface area (Å²) in [5, 5.41) is -0.0372. The van der Waals surface area contributed by atoms with Gasteiger partial charge in [0, 0.05) is 11.9 Å². The largest absolute Gasteiger partial charge is 0.335 e. The van der Waals surface area contributed by atoms with E-state index in [1.807, 2.05) is 0 Å². The fraction of sp³-hybridized carbons (Fsp3) is 0.625. The summed E-state index contributed by atoms with van der Waals surface area (Å²) in [6.07, 6.45) is 4.79. The molecular weight excluding hydrogens is 238 g/mol. The molecule has 0 aliphatic heterocycles. The van der Waals surface area contributed by atoms with Crippen LogP contribution in [0.4, 0.5) is 0 Å². The molecule has 1 fully saturated rings. The molecule has 15 heavy (non-hydrogen) atoms. The number of hydrogen-bond acceptors (Lipinski definition) is 3. The molecule has 1 aromatic rings. The van der Waals surface area contributed by atoms with Gasteiger partial charge in [-0.15, -0.1) is 11.6 Å². The number of halogens is 1. The molecule has 1 heterocycles. The quantitative estimate of drug-likeness (QED) is 0.755. The summed E-state index contributed by atoms with van der Waals surface area (Å²) in [5.74, 6) is 0.469. The summed E-state index contributed by atoms with van der Waals surface area (Å²) in [5.41, 5.74) is 0. The molecule has 7 heteroatoms. The summed E-state index contributed by atoms with van der Waals surface area (Å²) in [4.78, 5) is 6.20. The van der Waals surface area contributed by atoms with Crippen molar-refractivity contribution in [1.29, 1.82) is 0 Å². The van der Waals surface area contributed by atoms with E-state index in [-0.39, 0.29) is 16.9 Å². The fourth-order valence-electron chi connectivity index (χ4n) is 1.28. The Morgan fingerprint density at radius 2 is 2.40 bits per heavy atom. The standard InChI is InChI=1S/C8H12ClN3O2S/c9-7(6-1-2-6)3-12-15(13,14)8-4-10-5-11-8/h4-7,12H,1-3H2,(H,10,11). The Morgan fingerprint density at radius 1 is 1.67 bits per heavy atom. The van der Waals surface area contributed by atoms with Gasteiger partial charge in [0.05, 0.1) is 12.5 Å². The van der Waals surface area contributed by atoms with Crippen LogP contribution in [0.5, 0.6) is 0 Å². The smallest absolute Gasteiger partial charge is 0.257 e. The average molecular weight is 250 g/mol. The molecule has 0 amide bonds. The number of alkyl halides is 1. The van der Waals surface area contributed by atoms with Crippen LogP contribution in [0.1, 0.15) is 12.8 Å². The lowest BCUT2D eigenvalue weighted by Gasteiger charge is -2.08. The molecule has 0 radical (unpaired) electrons. The molecule has 5 nitrogen and oxygen atoms in total. The molecular formula is C8H12ClN3O2S. The summed E-state index contributed by atoms with van der Waals surface area (Å²) in [6, 6.07) is 0. The lowest BCUT2D eigenvalue weighted by molar-refractivity contribution is 0.573. The summed E-state index contributed by atoms with van der Waals surface area (Å²) in [7, 11) is -3.47. The molecule has 1 aliphatic rings. The van der Waals surface area contributed by atoms with E-state index >= 15 is 0 Å². The van der Waals surface area contributed by atoms with Gasteiger partial charge in [-0.2, -0.15) is 0 Å². The van der Waals surface area contributed by atoms with E-state index in [9.17, 15) is 8.42 Å². The second-order valence-corrected chi connectivity index (χ2v) is 5.92. The minimum atomic E-state index is -3.47. The molecule has 1 unspecified atom stereocenters. The number of imidazole rings is 1. The lowest BCUT2D eigenvalue weighted by atomic mass is 10.3. The third-order valence-corrected chi connectivity index (χ3v) is 4.22. The molecule has 1 aliphatic carbocycles. The maximum Gasteiger partial charge on any atom is 0.257 e. The van der Waals surface area contributed by atoms with Crippen molar-refractivity contribution >= 4 is 21.6 Å². The lowest BCUT2D eigenvalue weighted by Crippen LogP contribution is -2.30. The Labute approximate surface area is 93.3 Å². The van der Waals surface area contributed by atoms with Crippen LogP contribution in [-0.4, -0.2) is 30.3 Å². The molecule has 2 rings (SSSR count). The van der Waals surface area contributed by atoms with Crippen LogP contribution in [-0.2, 0) is 10.0 Å². The first-order chi connectivity index (χ1) is 7.09. The highest BCUT2D eigenvalue weighted by Gasteiger charge is 2.30. The third kappa shape index (κ3) is 2.70. The van der Waals surface area contributed by atoms with Crippen molar-refractivity contribution in [3.05, 3.63) is 12.5 Å². The SMILES string of the molecule is O=S(=O)(NCC(Cl)C1CC1)c1cnc[nH]1. The molecule has 0 aromatic carbocycles. The number of rotatable bonds is 5. The predicted octanol–water partition coefficient (Wildman–Crippen LogP) is 0.705. The Morgan fingerprint density at radius 3 is 2.93 bits per heavy atom. The zero-order chi connectivity index (χ0) is 10.9. The van der Waals surface area contributed by atoms with Crippen LogP contribution in [0.25, 0.3) is 0 Å². The molecule has 84 valence electrons. The van der Waals surface area contributed by atoms with Gasteiger partial charge >= 0.3 is 0 Å². The molecule has 2 N–H and O–H groups in total. The van der Waals surface area contributed by atoms with Gasteiger partial charge in [0.25, 0.3) is 10.0 Å². The molecule has 1 atom stereocenters. The van der Waals surface area contributed by atoms with Gasteiger partial charge in [-0.25, -0.2) is 18.1 Å². The summed E-state index contributed by atoms with van der Waals surface area (Å²) < 4.78 is 25.7. The Hall–Kier alpha value is -0.590. The van der Waals surface area contributed by atoms with Crippen LogP contribution in [0.2, 0.25) is 0 Å². The van der Waals surface area contributed by atoms with E-state index in [0.29, 0.717) is 5.92 Å². The number of aromatic amines is 1. The van der Waals surface area contributed by atoms with Crippen LogP contribution >= 0.6 is 11.6 Å². The first-order valence-corrected chi connectivity index (χ1v) is 6.63. The topological polar surface area (TPSA) is 74.8 Å². The van der Waals surface area contributed by atoms with Gasteiger partial charge in [-0.05, 0) is 18.8 Å². The Kier molecular flexibility index (Phi) is 2.99.